The predicted octanol–water partition coefficient (Wildman–Crippen LogP) is 2.07. The van der Waals surface area contributed by atoms with Gasteiger partial charge in [-0.05, 0) is 55.2 Å². The molecule has 1 fully saturated rings. The molecule has 0 spiro atoms. The minimum atomic E-state index is -0.790. The molecule has 0 unspecified atom stereocenters. The summed E-state index contributed by atoms with van der Waals surface area (Å²) in [5.41, 5.74) is 2.13. The molecule has 30 heavy (non-hydrogen) atoms. The van der Waals surface area contributed by atoms with Crippen molar-refractivity contribution in [2.75, 3.05) is 11.9 Å². The van der Waals surface area contributed by atoms with Crippen LogP contribution in [0.5, 0.6) is 0 Å². The van der Waals surface area contributed by atoms with E-state index in [1.165, 1.54) is 4.90 Å². The zero-order valence-corrected chi connectivity index (χ0v) is 16.7. The fourth-order valence-corrected chi connectivity index (χ4v) is 4.52. The van der Waals surface area contributed by atoms with E-state index in [2.05, 4.69) is 20.2 Å². The van der Waals surface area contributed by atoms with Crippen molar-refractivity contribution >= 4 is 34.9 Å². The highest BCUT2D eigenvalue weighted by molar-refractivity contribution is 7.08. The maximum absolute atomic E-state index is 13.3. The van der Waals surface area contributed by atoms with Gasteiger partial charge in [0.2, 0.25) is 5.91 Å². The molecule has 2 aliphatic heterocycles. The number of benzene rings is 1. The van der Waals surface area contributed by atoms with Gasteiger partial charge in [-0.3, -0.25) is 14.4 Å². The summed E-state index contributed by atoms with van der Waals surface area (Å²) in [6, 6.07) is 7.50. The fourth-order valence-electron chi connectivity index (χ4n) is 3.96. The maximum Gasteiger partial charge on any atom is 0.265 e. The molecule has 1 aromatic carbocycles. The van der Waals surface area contributed by atoms with Crippen LogP contribution < -0.4 is 10.6 Å². The molecule has 2 N–H and O–H groups in total. The van der Waals surface area contributed by atoms with Gasteiger partial charge in [0, 0.05) is 12.1 Å². The highest BCUT2D eigenvalue weighted by Gasteiger charge is 2.45. The largest absolute Gasteiger partial charge is 0.464 e. The normalized spacial score (nSPS) is 20.4. The molecule has 5 rings (SSSR count). The van der Waals surface area contributed by atoms with E-state index < -0.39 is 12.1 Å². The summed E-state index contributed by atoms with van der Waals surface area (Å²) in [5.74, 6) is -0.279. The first-order valence-corrected chi connectivity index (χ1v) is 10.2. The van der Waals surface area contributed by atoms with Crippen molar-refractivity contribution in [3.63, 3.8) is 0 Å². The molecule has 2 atom stereocenters. The first kappa shape index (κ1) is 18.5. The first-order valence-electron chi connectivity index (χ1n) is 9.42. The summed E-state index contributed by atoms with van der Waals surface area (Å²) in [6.07, 6.45) is 2.04. The Hall–Kier alpha value is -3.53. The number of nitrogens with zero attached hydrogens (tertiary/aromatic N) is 3. The van der Waals surface area contributed by atoms with Crippen LogP contribution >= 0.6 is 11.5 Å². The van der Waals surface area contributed by atoms with E-state index in [0.717, 1.165) is 17.1 Å². The van der Waals surface area contributed by atoms with Gasteiger partial charge in [0.15, 0.2) is 0 Å². The Bertz CT molecular complexity index is 1160. The van der Waals surface area contributed by atoms with Gasteiger partial charge >= 0.3 is 0 Å². The number of rotatable bonds is 3. The number of furan rings is 1. The van der Waals surface area contributed by atoms with Gasteiger partial charge in [-0.1, -0.05) is 4.49 Å². The Kier molecular flexibility index (Phi) is 4.35. The number of nitrogens with one attached hydrogen (secondary N) is 2. The number of fused-ring (bicyclic) bond motifs is 2. The summed E-state index contributed by atoms with van der Waals surface area (Å²) in [5, 5.41) is 9.57. The maximum atomic E-state index is 13.3. The molecule has 9 nitrogen and oxygen atoms in total. The van der Waals surface area contributed by atoms with E-state index in [0.29, 0.717) is 40.5 Å². The lowest BCUT2D eigenvalue weighted by atomic mass is 10.1. The predicted molar refractivity (Wildman–Crippen MR) is 108 cm³/mol. The molecule has 0 aliphatic carbocycles. The van der Waals surface area contributed by atoms with Gasteiger partial charge in [-0.25, -0.2) is 0 Å². The molecule has 152 valence electrons. The molecule has 3 amide bonds. The second kappa shape index (κ2) is 7.06. The Labute approximate surface area is 175 Å². The van der Waals surface area contributed by atoms with Crippen molar-refractivity contribution < 1.29 is 18.8 Å². The van der Waals surface area contributed by atoms with Crippen LogP contribution in [0.15, 0.2) is 41.0 Å². The number of hydrogen-bond donors (Lipinski definition) is 2. The van der Waals surface area contributed by atoms with Crippen molar-refractivity contribution in [2.24, 2.45) is 0 Å². The van der Waals surface area contributed by atoms with Crippen molar-refractivity contribution in [3.8, 4) is 11.3 Å². The van der Waals surface area contributed by atoms with Gasteiger partial charge in [-0.15, -0.1) is 5.10 Å². The third kappa shape index (κ3) is 2.96. The van der Waals surface area contributed by atoms with Crippen LogP contribution in [0.25, 0.3) is 11.3 Å². The zero-order chi connectivity index (χ0) is 20.8. The summed E-state index contributed by atoms with van der Waals surface area (Å²) >= 11 is 1.00. The van der Waals surface area contributed by atoms with E-state index in [-0.39, 0.29) is 17.7 Å². The van der Waals surface area contributed by atoms with Crippen LogP contribution in [0.3, 0.4) is 0 Å². The van der Waals surface area contributed by atoms with Gasteiger partial charge in [-0.2, -0.15) is 0 Å². The number of amides is 3. The third-order valence-electron chi connectivity index (χ3n) is 5.42. The molecule has 0 saturated carbocycles. The quantitative estimate of drug-likeness (QED) is 0.666. The Morgan fingerprint density at radius 3 is 2.93 bits per heavy atom. The minimum Gasteiger partial charge on any atom is -0.464 e. The number of carbonyl (C=O) groups excluding carboxylic acids is 3. The lowest BCUT2D eigenvalue weighted by molar-refractivity contribution is -0.120. The van der Waals surface area contributed by atoms with Crippen LogP contribution in [0, 0.1) is 6.92 Å². The minimum absolute atomic E-state index is 0.255. The lowest BCUT2D eigenvalue weighted by Crippen LogP contribution is -2.51. The van der Waals surface area contributed by atoms with E-state index in [1.54, 1.807) is 37.5 Å². The van der Waals surface area contributed by atoms with Gasteiger partial charge in [0.05, 0.1) is 29.2 Å². The first-order chi connectivity index (χ1) is 14.5. The molecule has 10 heteroatoms. The molecular weight excluding hydrogens is 406 g/mol. The number of anilines is 1. The smallest absolute Gasteiger partial charge is 0.265 e. The average Bonchev–Trinajstić information content (AvgIpc) is 3.47. The molecule has 2 aromatic heterocycles. The molecule has 2 aliphatic rings. The molecular formula is C20H17N5O4S. The van der Waals surface area contributed by atoms with Gasteiger partial charge in [0.25, 0.3) is 11.8 Å². The Morgan fingerprint density at radius 1 is 1.33 bits per heavy atom. The van der Waals surface area contributed by atoms with Crippen molar-refractivity contribution in [3.05, 3.63) is 52.7 Å². The van der Waals surface area contributed by atoms with E-state index >= 15 is 0 Å². The fraction of sp³-hybridized carbons (Fsp3) is 0.250. The molecule has 0 radical (unpaired) electrons. The summed E-state index contributed by atoms with van der Waals surface area (Å²) in [6.45, 7) is 2.07. The van der Waals surface area contributed by atoms with Crippen LogP contribution in [0.2, 0.25) is 0 Å². The van der Waals surface area contributed by atoms with Gasteiger partial charge < -0.3 is 20.0 Å². The van der Waals surface area contributed by atoms with E-state index in [4.69, 9.17) is 4.42 Å². The molecule has 1 saturated heterocycles. The topological polar surface area (TPSA) is 117 Å². The number of aryl methyl sites for hydroxylation is 1. The van der Waals surface area contributed by atoms with E-state index in [1.807, 2.05) is 6.07 Å². The summed E-state index contributed by atoms with van der Waals surface area (Å²) in [4.78, 5) is 40.8. The van der Waals surface area contributed by atoms with Gasteiger partial charge in [0.1, 0.15) is 16.7 Å². The van der Waals surface area contributed by atoms with Crippen LogP contribution in [-0.2, 0) is 4.79 Å². The molecule has 4 heterocycles. The second-order valence-corrected chi connectivity index (χ2v) is 7.98. The zero-order valence-electron chi connectivity index (χ0n) is 15.9. The number of hydrogen-bond acceptors (Lipinski definition) is 7. The molecule has 0 bridgehead atoms. The average molecular weight is 423 g/mol. The Balaban J connectivity index is 1.44. The lowest BCUT2D eigenvalue weighted by Gasteiger charge is -2.24. The van der Waals surface area contributed by atoms with Crippen molar-refractivity contribution in [1.29, 1.82) is 0 Å². The highest BCUT2D eigenvalue weighted by atomic mass is 32.1. The SMILES string of the molecule is Cc1nnsc1C(=O)N[C@H]1CCN2C(=O)c3cc(-c4ccco4)ccc3NC(=O)[C@H]12. The van der Waals surface area contributed by atoms with Crippen LogP contribution in [0.1, 0.15) is 32.1 Å². The Morgan fingerprint density at radius 2 is 2.20 bits per heavy atom. The highest BCUT2D eigenvalue weighted by Crippen LogP contribution is 2.32. The summed E-state index contributed by atoms with van der Waals surface area (Å²) < 4.78 is 9.20. The van der Waals surface area contributed by atoms with Crippen LogP contribution in [-0.4, -0.2) is 50.8 Å². The second-order valence-electron chi connectivity index (χ2n) is 7.23. The van der Waals surface area contributed by atoms with Crippen molar-refractivity contribution in [2.45, 2.75) is 25.4 Å². The van der Waals surface area contributed by atoms with Crippen LogP contribution in [0.4, 0.5) is 5.69 Å². The third-order valence-corrected chi connectivity index (χ3v) is 6.24. The standard InChI is InChI=1S/C20H17N5O4S/c1-10-17(30-24-23-10)19(27)22-14-6-7-25-16(14)18(26)21-13-5-4-11(9-12(13)20(25)28)15-3-2-8-29-15/h2-5,8-9,14,16H,6-7H2,1H3,(H,21,26)(H,22,27)/t14-,16-/m0/s1. The monoisotopic (exact) mass is 423 g/mol. The van der Waals surface area contributed by atoms with Crippen molar-refractivity contribution in [1.82, 2.24) is 19.8 Å². The number of aromatic nitrogens is 2. The molecule has 3 aromatic rings. The van der Waals surface area contributed by atoms with E-state index in [9.17, 15) is 14.4 Å². The summed E-state index contributed by atoms with van der Waals surface area (Å²) in [7, 11) is 0. The number of carbonyl (C=O) groups is 3.